The van der Waals surface area contributed by atoms with Gasteiger partial charge in [-0.2, -0.15) is 5.10 Å². The highest BCUT2D eigenvalue weighted by Gasteiger charge is 2.15. The molecule has 1 rings (SSSR count). The minimum absolute atomic E-state index is 0.139. The van der Waals surface area contributed by atoms with E-state index in [-0.39, 0.29) is 24.1 Å². The summed E-state index contributed by atoms with van der Waals surface area (Å²) in [7, 11) is 1.72. The summed E-state index contributed by atoms with van der Waals surface area (Å²) in [6.07, 6.45) is 3.20. The summed E-state index contributed by atoms with van der Waals surface area (Å²) >= 11 is 0. The maximum absolute atomic E-state index is 11.8. The van der Waals surface area contributed by atoms with E-state index >= 15 is 0 Å². The van der Waals surface area contributed by atoms with Crippen LogP contribution in [0.1, 0.15) is 30.3 Å². The molecule has 6 nitrogen and oxygen atoms in total. The molecule has 0 bridgehead atoms. The molecule has 0 aliphatic heterocycles. The first-order valence-corrected chi connectivity index (χ1v) is 5.76. The van der Waals surface area contributed by atoms with Crippen LogP contribution in [0.4, 0.5) is 5.69 Å². The fraction of sp³-hybridized carbons (Fsp3) is 0.636. The number of nitrogens with one attached hydrogen (secondary N) is 1. The van der Waals surface area contributed by atoms with E-state index in [4.69, 9.17) is 10.8 Å². The quantitative estimate of drug-likeness (QED) is 0.659. The molecule has 96 valence electrons. The van der Waals surface area contributed by atoms with E-state index in [1.165, 1.54) is 4.68 Å². The molecule has 0 fully saturated rings. The standard InChI is InChI=1S/C11H20N4O2/c1-3-8(4-5-16)6-13-11(17)10-9(12)7-15(2)14-10/h7-8,16H,3-6,12H2,1-2H3,(H,13,17). The number of aliphatic hydroxyl groups is 1. The van der Waals surface area contributed by atoms with Crippen molar-refractivity contribution in [1.82, 2.24) is 15.1 Å². The fourth-order valence-corrected chi connectivity index (χ4v) is 1.64. The van der Waals surface area contributed by atoms with Crippen LogP contribution in [0.5, 0.6) is 0 Å². The van der Waals surface area contributed by atoms with Gasteiger partial charge in [-0.3, -0.25) is 9.48 Å². The van der Waals surface area contributed by atoms with Crippen LogP contribution in [0.3, 0.4) is 0 Å². The average Bonchev–Trinajstić information content (AvgIpc) is 2.63. The molecule has 1 amide bonds. The van der Waals surface area contributed by atoms with Crippen molar-refractivity contribution in [3.63, 3.8) is 0 Å². The lowest BCUT2D eigenvalue weighted by molar-refractivity contribution is 0.0938. The van der Waals surface area contributed by atoms with Gasteiger partial charge in [-0.15, -0.1) is 0 Å². The van der Waals surface area contributed by atoms with Crippen molar-refractivity contribution in [2.75, 3.05) is 18.9 Å². The molecule has 1 aromatic heterocycles. The number of rotatable bonds is 6. The Balaban J connectivity index is 2.52. The van der Waals surface area contributed by atoms with Crippen molar-refractivity contribution < 1.29 is 9.90 Å². The van der Waals surface area contributed by atoms with E-state index in [1.807, 2.05) is 6.92 Å². The first-order valence-electron chi connectivity index (χ1n) is 5.76. The third-order valence-corrected chi connectivity index (χ3v) is 2.74. The van der Waals surface area contributed by atoms with Crippen LogP contribution in [-0.2, 0) is 7.05 Å². The number of aromatic nitrogens is 2. The average molecular weight is 240 g/mol. The van der Waals surface area contributed by atoms with Gasteiger partial charge in [0.25, 0.3) is 5.91 Å². The van der Waals surface area contributed by atoms with E-state index in [0.29, 0.717) is 18.7 Å². The number of carbonyl (C=O) groups excluding carboxylic acids is 1. The van der Waals surface area contributed by atoms with Gasteiger partial charge in [0.1, 0.15) is 0 Å². The number of nitrogens with two attached hydrogens (primary N) is 1. The molecule has 6 heteroatoms. The maximum atomic E-state index is 11.8. The number of amides is 1. The Kier molecular flexibility index (Phi) is 4.96. The van der Waals surface area contributed by atoms with Crippen LogP contribution < -0.4 is 11.1 Å². The minimum Gasteiger partial charge on any atom is -0.396 e. The Morgan fingerprint density at radius 3 is 2.88 bits per heavy atom. The van der Waals surface area contributed by atoms with E-state index in [9.17, 15) is 4.79 Å². The predicted molar refractivity (Wildman–Crippen MR) is 65.4 cm³/mol. The van der Waals surface area contributed by atoms with Gasteiger partial charge in [0.15, 0.2) is 5.69 Å². The minimum atomic E-state index is -0.264. The zero-order chi connectivity index (χ0) is 12.8. The number of aliphatic hydroxyl groups excluding tert-OH is 1. The summed E-state index contributed by atoms with van der Waals surface area (Å²) in [5.41, 5.74) is 6.29. The Labute approximate surface area is 101 Å². The normalized spacial score (nSPS) is 12.4. The molecule has 0 aromatic carbocycles. The van der Waals surface area contributed by atoms with Gasteiger partial charge in [-0.25, -0.2) is 0 Å². The molecule has 0 saturated carbocycles. The van der Waals surface area contributed by atoms with E-state index < -0.39 is 0 Å². The number of carbonyl (C=O) groups is 1. The third kappa shape index (κ3) is 3.74. The van der Waals surface area contributed by atoms with Gasteiger partial charge in [-0.1, -0.05) is 13.3 Å². The Morgan fingerprint density at radius 1 is 1.71 bits per heavy atom. The summed E-state index contributed by atoms with van der Waals surface area (Å²) in [6, 6.07) is 0. The van der Waals surface area contributed by atoms with Gasteiger partial charge in [0.05, 0.1) is 5.69 Å². The summed E-state index contributed by atoms with van der Waals surface area (Å²) in [4.78, 5) is 11.8. The smallest absolute Gasteiger partial charge is 0.273 e. The molecule has 0 aliphatic rings. The van der Waals surface area contributed by atoms with Crippen molar-refractivity contribution in [2.24, 2.45) is 13.0 Å². The fourth-order valence-electron chi connectivity index (χ4n) is 1.64. The Morgan fingerprint density at radius 2 is 2.41 bits per heavy atom. The SMILES string of the molecule is CCC(CCO)CNC(=O)c1nn(C)cc1N. The lowest BCUT2D eigenvalue weighted by Gasteiger charge is -2.13. The summed E-state index contributed by atoms with van der Waals surface area (Å²) < 4.78 is 1.51. The maximum Gasteiger partial charge on any atom is 0.273 e. The molecule has 0 radical (unpaired) electrons. The largest absolute Gasteiger partial charge is 0.396 e. The second kappa shape index (κ2) is 6.24. The second-order valence-electron chi connectivity index (χ2n) is 4.10. The summed E-state index contributed by atoms with van der Waals surface area (Å²) in [5.74, 6) is 0.0216. The van der Waals surface area contributed by atoms with Gasteiger partial charge >= 0.3 is 0 Å². The van der Waals surface area contributed by atoms with E-state index in [0.717, 1.165) is 6.42 Å². The molecule has 4 N–H and O–H groups in total. The predicted octanol–water partition coefficient (Wildman–Crippen LogP) is 0.141. The van der Waals surface area contributed by atoms with Crippen LogP contribution in [-0.4, -0.2) is 33.9 Å². The van der Waals surface area contributed by atoms with Crippen molar-refractivity contribution in [3.8, 4) is 0 Å². The number of hydrogen-bond donors (Lipinski definition) is 3. The summed E-state index contributed by atoms with van der Waals surface area (Å²) in [5, 5.41) is 15.6. The molecular formula is C11H20N4O2. The highest BCUT2D eigenvalue weighted by atomic mass is 16.3. The van der Waals surface area contributed by atoms with Gasteiger partial charge in [0, 0.05) is 26.4 Å². The molecule has 0 aliphatic carbocycles. The number of hydrogen-bond acceptors (Lipinski definition) is 4. The molecule has 1 unspecified atom stereocenters. The second-order valence-corrected chi connectivity index (χ2v) is 4.10. The molecule has 17 heavy (non-hydrogen) atoms. The van der Waals surface area contributed by atoms with E-state index in [2.05, 4.69) is 10.4 Å². The molecule has 1 heterocycles. The van der Waals surface area contributed by atoms with Crippen LogP contribution in [0.25, 0.3) is 0 Å². The molecule has 1 atom stereocenters. The zero-order valence-corrected chi connectivity index (χ0v) is 10.3. The monoisotopic (exact) mass is 240 g/mol. The van der Waals surface area contributed by atoms with Crippen molar-refractivity contribution in [2.45, 2.75) is 19.8 Å². The molecule has 0 spiro atoms. The van der Waals surface area contributed by atoms with Crippen LogP contribution in [0.2, 0.25) is 0 Å². The first kappa shape index (κ1) is 13.5. The molecular weight excluding hydrogens is 220 g/mol. The van der Waals surface area contributed by atoms with Gasteiger partial charge in [0.2, 0.25) is 0 Å². The highest BCUT2D eigenvalue weighted by Crippen LogP contribution is 2.09. The van der Waals surface area contributed by atoms with Crippen LogP contribution >= 0.6 is 0 Å². The number of aryl methyl sites for hydroxylation is 1. The lowest BCUT2D eigenvalue weighted by Crippen LogP contribution is -2.30. The number of anilines is 1. The van der Waals surface area contributed by atoms with Crippen LogP contribution in [0, 0.1) is 5.92 Å². The molecule has 1 aromatic rings. The number of nitrogens with zero attached hydrogens (tertiary/aromatic N) is 2. The van der Waals surface area contributed by atoms with Crippen molar-refractivity contribution in [1.29, 1.82) is 0 Å². The number of nitrogen functional groups attached to an aromatic ring is 1. The van der Waals surface area contributed by atoms with Crippen molar-refractivity contribution in [3.05, 3.63) is 11.9 Å². The van der Waals surface area contributed by atoms with E-state index in [1.54, 1.807) is 13.2 Å². The molecule has 0 saturated heterocycles. The first-order chi connectivity index (χ1) is 8.08. The lowest BCUT2D eigenvalue weighted by atomic mass is 10.0. The topological polar surface area (TPSA) is 93.2 Å². The van der Waals surface area contributed by atoms with Crippen molar-refractivity contribution >= 4 is 11.6 Å². The zero-order valence-electron chi connectivity index (χ0n) is 10.3. The Bertz CT molecular complexity index is 376. The third-order valence-electron chi connectivity index (χ3n) is 2.74. The highest BCUT2D eigenvalue weighted by molar-refractivity contribution is 5.96. The summed E-state index contributed by atoms with van der Waals surface area (Å²) in [6.45, 7) is 2.70. The van der Waals surface area contributed by atoms with Gasteiger partial charge < -0.3 is 16.2 Å². The Hall–Kier alpha value is -1.56. The van der Waals surface area contributed by atoms with Gasteiger partial charge in [-0.05, 0) is 12.3 Å². The van der Waals surface area contributed by atoms with Crippen LogP contribution in [0.15, 0.2) is 6.20 Å².